The molecule has 244 valence electrons. The van der Waals surface area contributed by atoms with Crippen LogP contribution >= 0.6 is 34.3 Å². The molecule has 0 unspecified atom stereocenters. The Labute approximate surface area is 290 Å². The van der Waals surface area contributed by atoms with Crippen molar-refractivity contribution in [2.45, 2.75) is 21.3 Å². The summed E-state index contributed by atoms with van der Waals surface area (Å²) in [6, 6.07) is 18.3. The van der Waals surface area contributed by atoms with E-state index in [4.69, 9.17) is 16.7 Å². The van der Waals surface area contributed by atoms with E-state index in [0.717, 1.165) is 22.5 Å². The van der Waals surface area contributed by atoms with Gasteiger partial charge in [0, 0.05) is 23.2 Å². The largest absolute Gasteiger partial charge is 0.478 e. The summed E-state index contributed by atoms with van der Waals surface area (Å²) in [5.41, 5.74) is 4.74. The Bertz CT molecular complexity index is 2510. The van der Waals surface area contributed by atoms with Crippen LogP contribution in [0, 0.1) is 13.8 Å². The number of carboxylic acids is 1. The van der Waals surface area contributed by atoms with Crippen molar-refractivity contribution in [1.82, 2.24) is 29.1 Å². The van der Waals surface area contributed by atoms with Crippen molar-refractivity contribution < 1.29 is 14.7 Å². The molecule has 49 heavy (non-hydrogen) atoms. The topological polar surface area (TPSA) is 150 Å². The molecule has 6 heterocycles. The molecule has 8 aromatic rings. The Kier molecular flexibility index (Phi) is 8.90. The molecule has 2 aromatic carbocycles. The average molecular weight is 709 g/mol. The fourth-order valence-electron chi connectivity index (χ4n) is 5.04. The minimum atomic E-state index is -1.06. The lowest BCUT2D eigenvalue weighted by atomic mass is 10.2. The fourth-order valence-corrected chi connectivity index (χ4v) is 7.17. The van der Waals surface area contributed by atoms with E-state index in [1.54, 1.807) is 6.07 Å². The van der Waals surface area contributed by atoms with Gasteiger partial charge in [-0.25, -0.2) is 24.7 Å². The first-order valence-corrected chi connectivity index (χ1v) is 16.3. The van der Waals surface area contributed by atoms with E-state index < -0.39 is 11.2 Å². The molecule has 0 spiro atoms. The van der Waals surface area contributed by atoms with Crippen molar-refractivity contribution >= 4 is 86.4 Å². The molecule has 0 amide bonds. The van der Waals surface area contributed by atoms with Gasteiger partial charge in [-0.05, 0) is 61.8 Å². The van der Waals surface area contributed by atoms with E-state index in [-0.39, 0.29) is 29.7 Å². The number of aromatic nitrogens is 6. The molecule has 8 rings (SSSR count). The molecular formula is C35H25ClN6O5S2. The molecular weight excluding hydrogens is 684 g/mol. The normalized spacial score (nSPS) is 11.0. The molecule has 0 fully saturated rings. The third-order valence-electron chi connectivity index (χ3n) is 7.57. The van der Waals surface area contributed by atoms with Gasteiger partial charge in [0.05, 0.1) is 33.5 Å². The van der Waals surface area contributed by atoms with E-state index in [9.17, 15) is 19.2 Å². The second kappa shape index (κ2) is 13.1. The number of pyridine rings is 2. The molecule has 0 aliphatic rings. The van der Waals surface area contributed by atoms with Crippen LogP contribution in [0.3, 0.4) is 0 Å². The van der Waals surface area contributed by atoms with Crippen LogP contribution in [-0.4, -0.2) is 45.4 Å². The summed E-state index contributed by atoms with van der Waals surface area (Å²) in [4.78, 5) is 66.4. The van der Waals surface area contributed by atoms with Crippen molar-refractivity contribution in [3.63, 3.8) is 0 Å². The Morgan fingerprint density at radius 3 is 1.49 bits per heavy atom. The number of carbonyl (C=O) groups excluding carboxylic acids is 1. The van der Waals surface area contributed by atoms with Gasteiger partial charge in [0.1, 0.15) is 31.7 Å². The maximum absolute atomic E-state index is 12.8. The van der Waals surface area contributed by atoms with Crippen molar-refractivity contribution in [3.8, 4) is 11.4 Å². The summed E-state index contributed by atoms with van der Waals surface area (Å²) < 4.78 is 3.95. The number of nitrogens with zero attached hydrogens (tertiary/aromatic N) is 6. The third kappa shape index (κ3) is 6.10. The van der Waals surface area contributed by atoms with Crippen LogP contribution in [-0.2, 0) is 0 Å². The molecule has 14 heteroatoms. The molecule has 0 aliphatic carbocycles. The monoisotopic (exact) mass is 708 g/mol. The minimum absolute atomic E-state index is 0. The fraction of sp³-hybridized carbons (Fsp3) is 0.0857. The van der Waals surface area contributed by atoms with Crippen LogP contribution in [0.4, 0.5) is 0 Å². The Hall–Kier alpha value is -5.63. The Morgan fingerprint density at radius 2 is 1.08 bits per heavy atom. The van der Waals surface area contributed by atoms with Crippen molar-refractivity contribution in [3.05, 3.63) is 129 Å². The van der Waals surface area contributed by atoms with Gasteiger partial charge >= 0.3 is 5.97 Å². The maximum Gasteiger partial charge on any atom is 0.337 e. The highest BCUT2D eigenvalue weighted by Crippen LogP contribution is 2.31. The van der Waals surface area contributed by atoms with Crippen molar-refractivity contribution in [2.24, 2.45) is 0 Å². The highest BCUT2D eigenvalue weighted by Gasteiger charge is 2.17. The molecule has 1 N–H and O–H groups in total. The van der Waals surface area contributed by atoms with Crippen LogP contribution in [0.15, 0.2) is 95.3 Å². The number of benzene rings is 2. The summed E-state index contributed by atoms with van der Waals surface area (Å²) in [5, 5.41) is 9.76. The maximum atomic E-state index is 12.8. The summed E-state index contributed by atoms with van der Waals surface area (Å²) in [6.45, 7) is 3.97. The zero-order valence-electron chi connectivity index (χ0n) is 25.0. The van der Waals surface area contributed by atoms with Gasteiger partial charge in [-0.1, -0.05) is 42.8 Å². The molecule has 0 aliphatic heterocycles. The van der Waals surface area contributed by atoms with Crippen molar-refractivity contribution in [2.75, 3.05) is 0 Å². The van der Waals surface area contributed by atoms with E-state index in [2.05, 4.69) is 19.9 Å². The summed E-state index contributed by atoms with van der Waals surface area (Å²) in [7, 11) is 0. The second-order valence-electron chi connectivity index (χ2n) is 10.8. The number of halogens is 1. The van der Waals surface area contributed by atoms with Gasteiger partial charge in [-0.2, -0.15) is 0 Å². The summed E-state index contributed by atoms with van der Waals surface area (Å²) in [6.07, 6.45) is 5.66. The minimum Gasteiger partial charge on any atom is -0.478 e. The number of fused-ring (bicyclic) bond motifs is 6. The van der Waals surface area contributed by atoms with Gasteiger partial charge in [0.15, 0.2) is 0 Å². The van der Waals surface area contributed by atoms with E-state index in [1.807, 2.05) is 62.4 Å². The lowest BCUT2D eigenvalue weighted by molar-refractivity contribution is 0.0696. The Balaban J connectivity index is 0.000000167. The second-order valence-corrected chi connectivity index (χ2v) is 13.1. The van der Waals surface area contributed by atoms with Crippen LogP contribution in [0.1, 0.15) is 39.3 Å². The molecule has 0 saturated heterocycles. The van der Waals surface area contributed by atoms with Crippen LogP contribution < -0.4 is 11.1 Å². The van der Waals surface area contributed by atoms with Crippen LogP contribution in [0.5, 0.6) is 0 Å². The highest BCUT2D eigenvalue weighted by molar-refractivity contribution is 7.25. The molecule has 0 bridgehead atoms. The average Bonchev–Trinajstić information content (AvgIpc) is 3.65. The number of rotatable bonds is 4. The number of carbonyl (C=O) groups is 2. The zero-order valence-corrected chi connectivity index (χ0v) is 27.4. The smallest absolute Gasteiger partial charge is 0.337 e. The van der Waals surface area contributed by atoms with Crippen LogP contribution in [0.2, 0.25) is 0 Å². The quantitative estimate of drug-likeness (QED) is 0.186. The zero-order chi connectivity index (χ0) is 33.7. The first kappa shape index (κ1) is 33.3. The molecule has 0 radical (unpaired) electrons. The standard InChI is InChI=1S/C17H10ClN3O2S.C17H11N3O3S.CH4/c1-9-2-4-11(5-3-9)21-8-20-13-12-6-10(15(18)22)7-19-16(12)24-14(13)17(21)23;1-9-2-4-11(5-3-9)20-8-19-13-12-6-10(17(22)23)7-18-15(12)24-14(13)16(20)21;/h2-8H,1H3;2-8H,1H3,(H,22,23);1H4. The summed E-state index contributed by atoms with van der Waals surface area (Å²) >= 11 is 7.99. The SMILES string of the molecule is C.Cc1ccc(-n2cnc3c(sc4ncc(C(=O)Cl)cc43)c2=O)cc1.Cc1ccc(-n2cnc3c(sc4ncc(C(=O)O)cc43)c2=O)cc1. The van der Waals surface area contributed by atoms with Crippen molar-refractivity contribution in [1.29, 1.82) is 0 Å². The summed E-state index contributed by atoms with van der Waals surface area (Å²) in [5.74, 6) is -1.06. The number of thiophene rings is 2. The van der Waals surface area contributed by atoms with Gasteiger partial charge in [-0.15, -0.1) is 22.7 Å². The number of carboxylic acid groups (broad SMARTS) is 1. The number of aryl methyl sites for hydroxylation is 2. The van der Waals surface area contributed by atoms with E-state index in [1.165, 1.54) is 62.9 Å². The van der Waals surface area contributed by atoms with Crippen LogP contribution in [0.25, 0.3) is 52.2 Å². The Morgan fingerprint density at radius 1 is 0.673 bits per heavy atom. The first-order valence-electron chi connectivity index (χ1n) is 14.3. The molecule has 0 saturated carbocycles. The number of aromatic carboxylic acids is 1. The molecule has 6 aromatic heterocycles. The predicted molar refractivity (Wildman–Crippen MR) is 194 cm³/mol. The van der Waals surface area contributed by atoms with E-state index in [0.29, 0.717) is 40.9 Å². The van der Waals surface area contributed by atoms with Gasteiger partial charge < -0.3 is 5.11 Å². The lowest BCUT2D eigenvalue weighted by Crippen LogP contribution is -2.17. The number of hydrogen-bond donors (Lipinski definition) is 1. The van der Waals surface area contributed by atoms with Gasteiger partial charge in [0.25, 0.3) is 16.4 Å². The highest BCUT2D eigenvalue weighted by atomic mass is 35.5. The van der Waals surface area contributed by atoms with Gasteiger partial charge in [-0.3, -0.25) is 23.5 Å². The number of hydrogen-bond acceptors (Lipinski definition) is 10. The van der Waals surface area contributed by atoms with Gasteiger partial charge in [0.2, 0.25) is 0 Å². The first-order chi connectivity index (χ1) is 23.1. The molecule has 0 atom stereocenters. The molecule has 11 nitrogen and oxygen atoms in total. The third-order valence-corrected chi connectivity index (χ3v) is 9.97. The lowest BCUT2D eigenvalue weighted by Gasteiger charge is -2.05. The van der Waals surface area contributed by atoms with E-state index >= 15 is 0 Å². The predicted octanol–water partition coefficient (Wildman–Crippen LogP) is 7.32.